The number of amides is 2. The summed E-state index contributed by atoms with van der Waals surface area (Å²) in [6, 6.07) is 5.43. The molecule has 1 aromatic carbocycles. The molecule has 1 heterocycles. The lowest BCUT2D eigenvalue weighted by Gasteiger charge is -2.24. The fourth-order valence-electron chi connectivity index (χ4n) is 1.89. The molecule has 1 aliphatic rings. The molecule has 3 N–H and O–H groups in total. The van der Waals surface area contributed by atoms with E-state index in [-0.39, 0.29) is 17.4 Å². The summed E-state index contributed by atoms with van der Waals surface area (Å²) in [6.07, 6.45) is 0.907. The summed E-state index contributed by atoms with van der Waals surface area (Å²) >= 11 is 0. The zero-order chi connectivity index (χ0) is 12.3. The number of halogens is 1. The molecule has 0 aliphatic carbocycles. The molecule has 0 saturated carbocycles. The second kappa shape index (κ2) is 4.71. The van der Waals surface area contributed by atoms with E-state index in [4.69, 9.17) is 0 Å². The van der Waals surface area contributed by atoms with Crippen LogP contribution in [-0.4, -0.2) is 24.7 Å². The van der Waals surface area contributed by atoms with E-state index < -0.39 is 0 Å². The summed E-state index contributed by atoms with van der Waals surface area (Å²) in [7, 11) is 0. The smallest absolute Gasteiger partial charge is 0.319 e. The van der Waals surface area contributed by atoms with Gasteiger partial charge in [0.25, 0.3) is 0 Å². The molecule has 0 radical (unpaired) electrons. The normalized spacial score (nSPS) is 23.4. The van der Waals surface area contributed by atoms with Crippen LogP contribution >= 0.6 is 0 Å². The summed E-state index contributed by atoms with van der Waals surface area (Å²) in [4.78, 5) is 11.7. The van der Waals surface area contributed by atoms with Crippen molar-refractivity contribution in [2.24, 2.45) is 0 Å². The van der Waals surface area contributed by atoms with E-state index in [9.17, 15) is 9.18 Å². The van der Waals surface area contributed by atoms with E-state index in [0.717, 1.165) is 19.5 Å². The van der Waals surface area contributed by atoms with Gasteiger partial charge in [0.05, 0.1) is 5.54 Å². The number of anilines is 1. The highest BCUT2D eigenvalue weighted by Gasteiger charge is 2.29. The van der Waals surface area contributed by atoms with Gasteiger partial charge in [-0.3, -0.25) is 0 Å². The van der Waals surface area contributed by atoms with Crippen molar-refractivity contribution in [2.45, 2.75) is 18.9 Å². The maximum absolute atomic E-state index is 12.7. The molecule has 0 spiro atoms. The maximum atomic E-state index is 12.7. The van der Waals surface area contributed by atoms with Crippen LogP contribution in [0.5, 0.6) is 0 Å². The summed E-state index contributed by atoms with van der Waals surface area (Å²) < 4.78 is 12.7. The highest BCUT2D eigenvalue weighted by Crippen LogP contribution is 2.14. The van der Waals surface area contributed by atoms with Crippen molar-refractivity contribution in [3.63, 3.8) is 0 Å². The molecule has 1 fully saturated rings. The fraction of sp³-hybridized carbons (Fsp3) is 0.417. The summed E-state index contributed by atoms with van der Waals surface area (Å²) in [5.41, 5.74) is 0.378. The van der Waals surface area contributed by atoms with Crippen molar-refractivity contribution >= 4 is 11.7 Å². The molecule has 92 valence electrons. The molecule has 0 bridgehead atoms. The molecule has 0 aromatic heterocycles. The van der Waals surface area contributed by atoms with Crippen molar-refractivity contribution in [2.75, 3.05) is 18.4 Å². The minimum absolute atomic E-state index is 0.204. The lowest BCUT2D eigenvalue weighted by molar-refractivity contribution is 0.241. The van der Waals surface area contributed by atoms with Crippen LogP contribution in [-0.2, 0) is 0 Å². The third-order valence-electron chi connectivity index (χ3n) is 2.89. The standard InChI is InChI=1S/C12H16FN3O/c1-12(6-7-14-8-12)16-11(17)15-10-4-2-9(13)3-5-10/h2-5,14H,6-8H2,1H3,(H2,15,16,17). The van der Waals surface area contributed by atoms with Crippen molar-refractivity contribution in [1.29, 1.82) is 0 Å². The van der Waals surface area contributed by atoms with Crippen LogP contribution in [0.3, 0.4) is 0 Å². The minimum atomic E-state index is -0.317. The van der Waals surface area contributed by atoms with Crippen LogP contribution in [0, 0.1) is 5.82 Å². The van der Waals surface area contributed by atoms with Crippen molar-refractivity contribution < 1.29 is 9.18 Å². The van der Waals surface area contributed by atoms with Crippen LogP contribution in [0.4, 0.5) is 14.9 Å². The lowest BCUT2D eigenvalue weighted by Crippen LogP contribution is -2.49. The van der Waals surface area contributed by atoms with Crippen molar-refractivity contribution in [1.82, 2.24) is 10.6 Å². The molecule has 1 unspecified atom stereocenters. The van der Waals surface area contributed by atoms with Crippen LogP contribution in [0.1, 0.15) is 13.3 Å². The van der Waals surface area contributed by atoms with Gasteiger partial charge in [-0.15, -0.1) is 0 Å². The summed E-state index contributed by atoms with van der Waals surface area (Å²) in [6.45, 7) is 3.68. The third kappa shape index (κ3) is 3.17. The SMILES string of the molecule is CC1(NC(=O)Nc2ccc(F)cc2)CCNC1. The van der Waals surface area contributed by atoms with Gasteiger partial charge in [0.1, 0.15) is 5.82 Å². The van der Waals surface area contributed by atoms with E-state index in [1.165, 1.54) is 24.3 Å². The molecule has 2 amide bonds. The monoisotopic (exact) mass is 237 g/mol. The van der Waals surface area contributed by atoms with E-state index in [2.05, 4.69) is 16.0 Å². The zero-order valence-electron chi connectivity index (χ0n) is 9.72. The van der Waals surface area contributed by atoms with E-state index >= 15 is 0 Å². The van der Waals surface area contributed by atoms with Gasteiger partial charge < -0.3 is 16.0 Å². The van der Waals surface area contributed by atoms with E-state index in [0.29, 0.717) is 5.69 Å². The third-order valence-corrected chi connectivity index (χ3v) is 2.89. The highest BCUT2D eigenvalue weighted by atomic mass is 19.1. The molecule has 17 heavy (non-hydrogen) atoms. The van der Waals surface area contributed by atoms with E-state index in [1.54, 1.807) is 0 Å². The molecule has 1 aromatic rings. The molecule has 1 aliphatic heterocycles. The maximum Gasteiger partial charge on any atom is 0.319 e. The number of carbonyl (C=O) groups excluding carboxylic acids is 1. The Morgan fingerprint density at radius 1 is 1.41 bits per heavy atom. The van der Waals surface area contributed by atoms with Gasteiger partial charge in [-0.1, -0.05) is 0 Å². The molecule has 4 nitrogen and oxygen atoms in total. The Labute approximate surface area is 99.6 Å². The first kappa shape index (κ1) is 11.9. The Bertz CT molecular complexity index is 399. The second-order valence-electron chi connectivity index (χ2n) is 4.57. The largest absolute Gasteiger partial charge is 0.331 e. The van der Waals surface area contributed by atoms with Gasteiger partial charge in [0, 0.05) is 12.2 Å². The Balaban J connectivity index is 1.91. The predicted octanol–water partition coefficient (Wildman–Crippen LogP) is 1.70. The first-order chi connectivity index (χ1) is 8.07. The van der Waals surface area contributed by atoms with Crippen LogP contribution < -0.4 is 16.0 Å². The Morgan fingerprint density at radius 2 is 2.12 bits per heavy atom. The number of hydrogen-bond acceptors (Lipinski definition) is 2. The highest BCUT2D eigenvalue weighted by molar-refractivity contribution is 5.89. The predicted molar refractivity (Wildman–Crippen MR) is 64.4 cm³/mol. The first-order valence-corrected chi connectivity index (χ1v) is 5.63. The van der Waals surface area contributed by atoms with Gasteiger partial charge in [0.2, 0.25) is 0 Å². The Morgan fingerprint density at radius 3 is 2.71 bits per heavy atom. The number of benzene rings is 1. The summed E-state index contributed by atoms with van der Waals surface area (Å²) in [5, 5.41) is 8.79. The number of hydrogen-bond donors (Lipinski definition) is 3. The molecular weight excluding hydrogens is 221 g/mol. The van der Waals surface area contributed by atoms with Crippen molar-refractivity contribution in [3.8, 4) is 0 Å². The Hall–Kier alpha value is -1.62. The van der Waals surface area contributed by atoms with Crippen LogP contribution in [0.15, 0.2) is 24.3 Å². The summed E-state index contributed by atoms with van der Waals surface area (Å²) in [5.74, 6) is -0.317. The molecular formula is C12H16FN3O. The van der Waals surface area contributed by atoms with Gasteiger partial charge in [-0.2, -0.15) is 0 Å². The van der Waals surface area contributed by atoms with Crippen molar-refractivity contribution in [3.05, 3.63) is 30.1 Å². The number of rotatable bonds is 2. The van der Waals surface area contributed by atoms with Gasteiger partial charge in [-0.25, -0.2) is 9.18 Å². The number of urea groups is 1. The van der Waals surface area contributed by atoms with Gasteiger partial charge in [0.15, 0.2) is 0 Å². The molecule has 1 atom stereocenters. The fourth-order valence-corrected chi connectivity index (χ4v) is 1.89. The topological polar surface area (TPSA) is 53.2 Å². The first-order valence-electron chi connectivity index (χ1n) is 5.63. The molecule has 1 saturated heterocycles. The minimum Gasteiger partial charge on any atom is -0.331 e. The van der Waals surface area contributed by atoms with Crippen LogP contribution in [0.25, 0.3) is 0 Å². The molecule has 2 rings (SSSR count). The average molecular weight is 237 g/mol. The van der Waals surface area contributed by atoms with Gasteiger partial charge in [-0.05, 0) is 44.2 Å². The number of carbonyl (C=O) groups is 1. The van der Waals surface area contributed by atoms with Crippen LogP contribution in [0.2, 0.25) is 0 Å². The van der Waals surface area contributed by atoms with E-state index in [1.807, 2.05) is 6.92 Å². The molecule has 5 heteroatoms. The number of nitrogens with one attached hydrogen (secondary N) is 3. The average Bonchev–Trinajstić information content (AvgIpc) is 2.68. The second-order valence-corrected chi connectivity index (χ2v) is 4.57. The quantitative estimate of drug-likeness (QED) is 0.733. The Kier molecular flexibility index (Phi) is 3.28. The lowest BCUT2D eigenvalue weighted by atomic mass is 10.0. The zero-order valence-corrected chi connectivity index (χ0v) is 9.72. The van der Waals surface area contributed by atoms with Gasteiger partial charge >= 0.3 is 6.03 Å².